The molecule has 0 amide bonds. The number of carbonyl (C=O) groups is 4. The van der Waals surface area contributed by atoms with Crippen LogP contribution in [0.2, 0.25) is 0 Å². The van der Waals surface area contributed by atoms with Crippen LogP contribution in [0.15, 0.2) is 109 Å². The highest BCUT2D eigenvalue weighted by atomic mass is 31.2. The van der Waals surface area contributed by atoms with Gasteiger partial charge in [0, 0.05) is 25.7 Å². The lowest BCUT2D eigenvalue weighted by molar-refractivity contribution is -0.161. The first-order valence-corrected chi connectivity index (χ1v) is 45.1. The summed E-state index contributed by atoms with van der Waals surface area (Å²) >= 11 is 0. The third kappa shape index (κ3) is 77.9. The molecule has 0 fully saturated rings. The molecule has 0 radical (unpaired) electrons. The van der Waals surface area contributed by atoms with E-state index < -0.39 is 97.5 Å². The molecule has 0 aromatic carbocycles. The van der Waals surface area contributed by atoms with Gasteiger partial charge in [0.25, 0.3) is 0 Å². The molecule has 5 atom stereocenters. The van der Waals surface area contributed by atoms with Crippen LogP contribution in [0.4, 0.5) is 0 Å². The maximum absolute atomic E-state index is 13.1. The van der Waals surface area contributed by atoms with Gasteiger partial charge in [-0.15, -0.1) is 0 Å². The number of ether oxygens (including phenoxy) is 4. The highest BCUT2D eigenvalue weighted by Crippen LogP contribution is 2.45. The first-order chi connectivity index (χ1) is 51.7. The summed E-state index contributed by atoms with van der Waals surface area (Å²) in [7, 11) is -9.98. The summed E-state index contributed by atoms with van der Waals surface area (Å²) in [4.78, 5) is 73.2. The van der Waals surface area contributed by atoms with Gasteiger partial charge in [0.2, 0.25) is 0 Å². The second kappa shape index (κ2) is 78.8. The van der Waals surface area contributed by atoms with Crippen LogP contribution in [0.3, 0.4) is 0 Å². The Morgan fingerprint density at radius 2 is 0.509 bits per heavy atom. The predicted molar refractivity (Wildman–Crippen MR) is 436 cm³/mol. The zero-order chi connectivity index (χ0) is 77.4. The minimum Gasteiger partial charge on any atom is -0.462 e. The number of aliphatic hydroxyl groups is 1. The molecule has 0 saturated carbocycles. The van der Waals surface area contributed by atoms with Gasteiger partial charge >= 0.3 is 39.5 Å². The maximum Gasteiger partial charge on any atom is 0.472 e. The number of esters is 4. The van der Waals surface area contributed by atoms with Crippen LogP contribution in [-0.4, -0.2) is 96.7 Å². The van der Waals surface area contributed by atoms with E-state index in [1.807, 2.05) is 18.2 Å². The molecule has 19 heteroatoms. The van der Waals surface area contributed by atoms with Crippen LogP contribution in [-0.2, 0) is 65.4 Å². The Kier molecular flexibility index (Phi) is 75.6. The fraction of sp³-hybridized carbons (Fsp3) is 0.747. The van der Waals surface area contributed by atoms with Gasteiger partial charge in [-0.25, -0.2) is 9.13 Å². The van der Waals surface area contributed by atoms with Gasteiger partial charge in [-0.05, 0) is 96.3 Å². The lowest BCUT2D eigenvalue weighted by Gasteiger charge is -2.21. The normalized spacial score (nSPS) is 14.4. The van der Waals surface area contributed by atoms with Crippen LogP contribution in [0.5, 0.6) is 0 Å². The molecule has 0 aromatic rings. The molecule has 0 saturated heterocycles. The van der Waals surface area contributed by atoms with Crippen molar-refractivity contribution in [3.05, 3.63) is 109 Å². The quantitative estimate of drug-likeness (QED) is 0.0169. The fourth-order valence-electron chi connectivity index (χ4n) is 11.4. The topological polar surface area (TPSA) is 237 Å². The Morgan fingerprint density at radius 3 is 0.811 bits per heavy atom. The Balaban J connectivity index is 5.42. The number of phosphoric acid groups is 2. The molecule has 0 aliphatic carbocycles. The number of phosphoric ester groups is 2. The molecule has 3 N–H and O–H groups in total. The van der Waals surface area contributed by atoms with E-state index in [1.165, 1.54) is 135 Å². The van der Waals surface area contributed by atoms with E-state index in [1.54, 1.807) is 0 Å². The van der Waals surface area contributed by atoms with Crippen molar-refractivity contribution in [3.8, 4) is 0 Å². The van der Waals surface area contributed by atoms with E-state index in [-0.39, 0.29) is 25.7 Å². The highest BCUT2D eigenvalue weighted by Gasteiger charge is 2.30. The van der Waals surface area contributed by atoms with E-state index in [0.29, 0.717) is 32.1 Å². The van der Waals surface area contributed by atoms with E-state index in [9.17, 15) is 43.2 Å². The van der Waals surface area contributed by atoms with Gasteiger partial charge in [-0.3, -0.25) is 37.3 Å². The standard InChI is InChI=1S/C87H152O17P2/c1-5-9-13-17-21-25-29-33-37-39-40-42-45-48-52-56-60-64-68-72-85(90)98-78-83(104-87(92)74-70-66-62-58-54-50-46-41-38-34-30-26-22-18-14-10-6-2)80-102-106(95,96)100-76-81(88)75-99-105(93,94)101-79-82(103-86(91)73-69-65-61-57-53-49-44-36-32-28-24-20-16-12-8-4)77-97-84(89)71-67-63-59-55-51-47-43-35-31-27-23-19-15-11-7-3/h9-10,13-14,21-22,25-26,33-34,37-38,40,42,48,52,60,64,81-83,88H,5-8,11-12,15-20,23-24,27-32,35-36,39,41,43-47,49-51,53-59,61-63,65-80H2,1-4H3,(H,93,94)(H,95,96)/b13-9-,14-10-,25-21-,26-22-,37-33-,38-34-,42-40-,52-48-,64-60-. The molecule has 0 spiro atoms. The van der Waals surface area contributed by atoms with Gasteiger partial charge < -0.3 is 33.8 Å². The van der Waals surface area contributed by atoms with Gasteiger partial charge in [-0.2, -0.15) is 0 Å². The lowest BCUT2D eigenvalue weighted by atomic mass is 10.0. The molecule has 17 nitrogen and oxygen atoms in total. The van der Waals surface area contributed by atoms with E-state index in [0.717, 1.165) is 141 Å². The summed E-state index contributed by atoms with van der Waals surface area (Å²) in [6.07, 6.45) is 86.4. The summed E-state index contributed by atoms with van der Waals surface area (Å²) in [5.41, 5.74) is 0. The molecule has 0 bridgehead atoms. The highest BCUT2D eigenvalue weighted by molar-refractivity contribution is 7.47. The van der Waals surface area contributed by atoms with Gasteiger partial charge in [0.15, 0.2) is 12.2 Å². The Labute approximate surface area is 645 Å². The predicted octanol–water partition coefficient (Wildman–Crippen LogP) is 24.9. The molecule has 0 aliphatic heterocycles. The van der Waals surface area contributed by atoms with Crippen molar-refractivity contribution in [1.82, 2.24) is 0 Å². The molecule has 0 aliphatic rings. The van der Waals surface area contributed by atoms with Gasteiger partial charge in [-0.1, -0.05) is 349 Å². The van der Waals surface area contributed by atoms with Crippen LogP contribution in [0, 0.1) is 0 Å². The van der Waals surface area contributed by atoms with Crippen LogP contribution in [0.1, 0.15) is 362 Å². The average Bonchev–Trinajstić information content (AvgIpc) is 0.902. The first kappa shape index (κ1) is 102. The van der Waals surface area contributed by atoms with Crippen molar-refractivity contribution in [3.63, 3.8) is 0 Å². The largest absolute Gasteiger partial charge is 0.472 e. The number of hydrogen-bond donors (Lipinski definition) is 3. The van der Waals surface area contributed by atoms with Crippen molar-refractivity contribution in [2.75, 3.05) is 39.6 Å². The van der Waals surface area contributed by atoms with Crippen LogP contribution in [0.25, 0.3) is 0 Å². The Bertz CT molecular complexity index is 2430. The summed E-state index contributed by atoms with van der Waals surface area (Å²) in [6, 6.07) is 0. The molecular formula is C87H152O17P2. The molecule has 0 aromatic heterocycles. The molecular weight excluding hydrogens is 1380 g/mol. The third-order valence-corrected chi connectivity index (χ3v) is 19.7. The Hall–Kier alpha value is -4.28. The van der Waals surface area contributed by atoms with Crippen LogP contribution >= 0.6 is 15.6 Å². The zero-order valence-electron chi connectivity index (χ0n) is 67.1. The number of aliphatic hydroxyl groups excluding tert-OH is 1. The van der Waals surface area contributed by atoms with Crippen molar-refractivity contribution in [2.24, 2.45) is 0 Å². The molecule has 106 heavy (non-hydrogen) atoms. The summed E-state index contributed by atoms with van der Waals surface area (Å²) in [5.74, 6) is -2.26. The minimum absolute atomic E-state index is 0.0332. The summed E-state index contributed by atoms with van der Waals surface area (Å²) < 4.78 is 68.7. The number of hydrogen-bond acceptors (Lipinski definition) is 15. The molecule has 5 unspecified atom stereocenters. The number of unbranched alkanes of at least 4 members (excludes halogenated alkanes) is 35. The van der Waals surface area contributed by atoms with E-state index >= 15 is 0 Å². The smallest absolute Gasteiger partial charge is 0.462 e. The third-order valence-electron chi connectivity index (χ3n) is 17.8. The van der Waals surface area contributed by atoms with Gasteiger partial charge in [0.1, 0.15) is 19.3 Å². The van der Waals surface area contributed by atoms with Crippen LogP contribution < -0.4 is 0 Å². The number of allylic oxidation sites excluding steroid dienone is 18. The monoisotopic (exact) mass is 1530 g/mol. The zero-order valence-corrected chi connectivity index (χ0v) is 68.9. The van der Waals surface area contributed by atoms with E-state index in [4.69, 9.17) is 37.0 Å². The van der Waals surface area contributed by atoms with Gasteiger partial charge in [0.05, 0.1) is 26.4 Å². The lowest BCUT2D eigenvalue weighted by Crippen LogP contribution is -2.30. The molecule has 0 rings (SSSR count). The maximum atomic E-state index is 13.1. The number of carbonyl (C=O) groups excluding carboxylic acids is 4. The van der Waals surface area contributed by atoms with Crippen molar-refractivity contribution < 1.29 is 80.2 Å². The van der Waals surface area contributed by atoms with Crippen molar-refractivity contribution in [1.29, 1.82) is 0 Å². The average molecular weight is 1530 g/mol. The second-order valence-electron chi connectivity index (χ2n) is 28.0. The fourth-order valence-corrected chi connectivity index (χ4v) is 13.0. The van der Waals surface area contributed by atoms with Crippen molar-refractivity contribution in [2.45, 2.75) is 380 Å². The summed E-state index contributed by atoms with van der Waals surface area (Å²) in [6.45, 7) is 4.63. The van der Waals surface area contributed by atoms with Crippen molar-refractivity contribution >= 4 is 39.5 Å². The minimum atomic E-state index is -5.00. The Morgan fingerprint density at radius 1 is 0.274 bits per heavy atom. The summed E-state index contributed by atoms with van der Waals surface area (Å²) in [5, 5.41) is 10.7. The molecule has 0 heterocycles. The second-order valence-corrected chi connectivity index (χ2v) is 30.9. The first-order valence-electron chi connectivity index (χ1n) is 42.1. The SMILES string of the molecule is CC/C=C\C/C=C\C/C=C\C/C=C\C/C=C\C/C=C\CCC(=O)OCC(COP(=O)(O)OCC(O)COP(=O)(O)OCC(COC(=O)CCCCCCCCCCCCCCCCC)OC(=O)CCCCCCCCCCCCCCCCC)OC(=O)CCCCCCCCC/C=C\C/C=C\C/C=C\CC. The van der Waals surface area contributed by atoms with E-state index in [2.05, 4.69) is 119 Å². The number of rotatable bonds is 79. The molecule has 612 valence electrons.